The lowest BCUT2D eigenvalue weighted by Crippen LogP contribution is -2.10. The summed E-state index contributed by atoms with van der Waals surface area (Å²) in [7, 11) is 0. The first-order chi connectivity index (χ1) is 9.31. The van der Waals surface area contributed by atoms with Gasteiger partial charge in [-0.3, -0.25) is 0 Å². The van der Waals surface area contributed by atoms with Crippen molar-refractivity contribution in [2.24, 2.45) is 5.92 Å². The van der Waals surface area contributed by atoms with Crippen LogP contribution in [-0.4, -0.2) is 0 Å². The molecule has 1 heteroatoms. The Morgan fingerprint density at radius 3 is 2.68 bits per heavy atom. The van der Waals surface area contributed by atoms with Crippen molar-refractivity contribution >= 4 is 11.6 Å². The minimum absolute atomic E-state index is 0.752. The Bertz CT molecular complexity index is 629. The van der Waals surface area contributed by atoms with Crippen LogP contribution in [0.5, 0.6) is 0 Å². The van der Waals surface area contributed by atoms with Crippen LogP contribution in [0.1, 0.15) is 34.6 Å². The predicted molar refractivity (Wildman–Crippen MR) is 79.9 cm³/mol. The SMILES string of the molecule is Clc1ccc2c(c1)CC(C1CCc3ccccc31)C2. The number of fused-ring (bicyclic) bond motifs is 2. The highest BCUT2D eigenvalue weighted by Gasteiger charge is 2.33. The molecule has 0 aliphatic heterocycles. The van der Waals surface area contributed by atoms with Crippen LogP contribution in [0, 0.1) is 5.92 Å². The summed E-state index contributed by atoms with van der Waals surface area (Å²) in [4.78, 5) is 0. The lowest BCUT2D eigenvalue weighted by Gasteiger charge is -2.19. The number of hydrogen-bond donors (Lipinski definition) is 0. The molecule has 0 nitrogen and oxygen atoms in total. The minimum Gasteiger partial charge on any atom is -0.0843 e. The Kier molecular flexibility index (Phi) is 2.66. The van der Waals surface area contributed by atoms with Crippen LogP contribution in [-0.2, 0) is 19.3 Å². The first-order valence-electron chi connectivity index (χ1n) is 7.16. The second-order valence-electron chi connectivity index (χ2n) is 5.93. The second-order valence-corrected chi connectivity index (χ2v) is 6.36. The van der Waals surface area contributed by atoms with Crippen LogP contribution >= 0.6 is 11.6 Å². The zero-order valence-electron chi connectivity index (χ0n) is 10.9. The predicted octanol–water partition coefficient (Wildman–Crippen LogP) is 4.78. The maximum Gasteiger partial charge on any atom is 0.0408 e. The van der Waals surface area contributed by atoms with E-state index in [0.29, 0.717) is 0 Å². The lowest BCUT2D eigenvalue weighted by molar-refractivity contribution is 0.440. The zero-order chi connectivity index (χ0) is 12.8. The van der Waals surface area contributed by atoms with Crippen molar-refractivity contribution in [3.05, 3.63) is 69.7 Å². The molecule has 2 atom stereocenters. The van der Waals surface area contributed by atoms with Gasteiger partial charge in [0.25, 0.3) is 0 Å². The Hall–Kier alpha value is -1.27. The Labute approximate surface area is 119 Å². The number of hydrogen-bond acceptors (Lipinski definition) is 0. The van der Waals surface area contributed by atoms with Crippen molar-refractivity contribution in [1.29, 1.82) is 0 Å². The van der Waals surface area contributed by atoms with Crippen LogP contribution < -0.4 is 0 Å². The molecule has 2 unspecified atom stereocenters. The molecular formula is C18H17Cl. The average Bonchev–Trinajstić information content (AvgIpc) is 3.00. The number of benzene rings is 2. The molecule has 0 bridgehead atoms. The maximum absolute atomic E-state index is 6.11. The monoisotopic (exact) mass is 268 g/mol. The summed E-state index contributed by atoms with van der Waals surface area (Å²) in [6.45, 7) is 0. The van der Waals surface area contributed by atoms with Gasteiger partial charge < -0.3 is 0 Å². The average molecular weight is 269 g/mol. The van der Waals surface area contributed by atoms with E-state index in [2.05, 4.69) is 36.4 Å². The fourth-order valence-corrected chi connectivity index (χ4v) is 4.18. The Morgan fingerprint density at radius 1 is 0.895 bits per heavy atom. The smallest absolute Gasteiger partial charge is 0.0408 e. The van der Waals surface area contributed by atoms with Crippen LogP contribution in [0.4, 0.5) is 0 Å². The van der Waals surface area contributed by atoms with E-state index in [4.69, 9.17) is 11.6 Å². The van der Waals surface area contributed by atoms with Crippen LogP contribution in [0.15, 0.2) is 42.5 Å². The second kappa shape index (κ2) is 4.38. The molecule has 2 aromatic carbocycles. The summed E-state index contributed by atoms with van der Waals surface area (Å²) < 4.78 is 0. The maximum atomic E-state index is 6.11. The minimum atomic E-state index is 0.752. The lowest BCUT2D eigenvalue weighted by atomic mass is 9.85. The highest BCUT2D eigenvalue weighted by molar-refractivity contribution is 6.30. The fourth-order valence-electron chi connectivity index (χ4n) is 3.99. The molecule has 0 saturated heterocycles. The van der Waals surface area contributed by atoms with Gasteiger partial charge in [0.2, 0.25) is 0 Å². The van der Waals surface area contributed by atoms with Crippen LogP contribution in [0.3, 0.4) is 0 Å². The molecule has 0 heterocycles. The Balaban J connectivity index is 1.64. The molecule has 0 saturated carbocycles. The molecule has 0 N–H and O–H groups in total. The highest BCUT2D eigenvalue weighted by Crippen LogP contribution is 2.44. The topological polar surface area (TPSA) is 0 Å². The van der Waals surface area contributed by atoms with E-state index in [1.807, 2.05) is 6.07 Å². The van der Waals surface area contributed by atoms with Gasteiger partial charge in [0.1, 0.15) is 0 Å². The van der Waals surface area contributed by atoms with E-state index >= 15 is 0 Å². The van der Waals surface area contributed by atoms with Crippen molar-refractivity contribution < 1.29 is 0 Å². The Morgan fingerprint density at radius 2 is 1.74 bits per heavy atom. The number of halogens is 1. The van der Waals surface area contributed by atoms with E-state index in [0.717, 1.165) is 16.9 Å². The molecule has 0 amide bonds. The van der Waals surface area contributed by atoms with Gasteiger partial charge in [0.15, 0.2) is 0 Å². The van der Waals surface area contributed by atoms with Gasteiger partial charge in [-0.1, -0.05) is 41.9 Å². The molecule has 0 spiro atoms. The van der Waals surface area contributed by atoms with Gasteiger partial charge in [0, 0.05) is 5.02 Å². The van der Waals surface area contributed by atoms with E-state index < -0.39 is 0 Å². The standard InChI is InChI=1S/C18H17Cl/c19-16-7-5-13-9-15(10-14(13)11-16)18-8-6-12-3-1-2-4-17(12)18/h1-5,7,11,15,18H,6,8-10H2. The van der Waals surface area contributed by atoms with Gasteiger partial charge in [-0.05, 0) is 71.9 Å². The zero-order valence-corrected chi connectivity index (χ0v) is 11.7. The van der Waals surface area contributed by atoms with E-state index in [9.17, 15) is 0 Å². The number of aryl methyl sites for hydroxylation is 1. The summed E-state index contributed by atoms with van der Waals surface area (Å²) in [5.74, 6) is 1.53. The molecule has 0 radical (unpaired) electrons. The molecule has 96 valence electrons. The van der Waals surface area contributed by atoms with Gasteiger partial charge in [-0.25, -0.2) is 0 Å². The molecule has 0 fully saturated rings. The normalized spacial score (nSPS) is 24.3. The number of rotatable bonds is 1. The molecular weight excluding hydrogens is 252 g/mol. The third-order valence-electron chi connectivity index (χ3n) is 4.88. The summed E-state index contributed by atoms with van der Waals surface area (Å²) in [6.07, 6.45) is 5.01. The summed E-state index contributed by atoms with van der Waals surface area (Å²) in [5.41, 5.74) is 6.16. The van der Waals surface area contributed by atoms with E-state index in [1.165, 1.54) is 36.8 Å². The quantitative estimate of drug-likeness (QED) is 0.698. The molecule has 0 aromatic heterocycles. The largest absolute Gasteiger partial charge is 0.0843 e. The van der Waals surface area contributed by atoms with E-state index in [1.54, 1.807) is 11.1 Å². The fraction of sp³-hybridized carbons (Fsp3) is 0.333. The van der Waals surface area contributed by atoms with Gasteiger partial charge in [-0.15, -0.1) is 0 Å². The molecule has 19 heavy (non-hydrogen) atoms. The van der Waals surface area contributed by atoms with Crippen molar-refractivity contribution in [2.75, 3.05) is 0 Å². The molecule has 2 aliphatic carbocycles. The van der Waals surface area contributed by atoms with Gasteiger partial charge in [-0.2, -0.15) is 0 Å². The van der Waals surface area contributed by atoms with Crippen molar-refractivity contribution in [3.8, 4) is 0 Å². The van der Waals surface area contributed by atoms with Crippen LogP contribution in [0.25, 0.3) is 0 Å². The van der Waals surface area contributed by atoms with Crippen molar-refractivity contribution in [2.45, 2.75) is 31.6 Å². The molecule has 4 rings (SSSR count). The van der Waals surface area contributed by atoms with E-state index in [-0.39, 0.29) is 0 Å². The third kappa shape index (κ3) is 1.90. The summed E-state index contributed by atoms with van der Waals surface area (Å²) in [6, 6.07) is 15.4. The first kappa shape index (κ1) is 11.5. The van der Waals surface area contributed by atoms with Crippen molar-refractivity contribution in [3.63, 3.8) is 0 Å². The highest BCUT2D eigenvalue weighted by atomic mass is 35.5. The van der Waals surface area contributed by atoms with Gasteiger partial charge >= 0.3 is 0 Å². The summed E-state index contributed by atoms with van der Waals surface area (Å²) >= 11 is 6.11. The van der Waals surface area contributed by atoms with Gasteiger partial charge in [0.05, 0.1) is 0 Å². The van der Waals surface area contributed by atoms with Crippen molar-refractivity contribution in [1.82, 2.24) is 0 Å². The summed E-state index contributed by atoms with van der Waals surface area (Å²) in [5, 5.41) is 0.881. The van der Waals surface area contributed by atoms with Crippen LogP contribution in [0.2, 0.25) is 5.02 Å². The molecule has 2 aromatic rings. The first-order valence-corrected chi connectivity index (χ1v) is 7.54. The molecule has 2 aliphatic rings. The third-order valence-corrected chi connectivity index (χ3v) is 5.12.